The first kappa shape index (κ1) is 12.3. The molecular formula is C13H18FNO2. The first-order valence-electron chi connectivity index (χ1n) is 5.96. The van der Waals surface area contributed by atoms with Crippen molar-refractivity contribution in [1.29, 1.82) is 0 Å². The first-order valence-corrected chi connectivity index (χ1v) is 5.96. The van der Waals surface area contributed by atoms with Crippen LogP contribution < -0.4 is 10.5 Å². The standard InChI is InChI=1S/C13H18FNO2/c1-9(15)10-2-3-12(14)13(8-10)17-11-4-6-16-7-5-11/h2-3,8-9,11H,4-7,15H2,1H3/t9-/m1/s1. The number of rotatable bonds is 3. The summed E-state index contributed by atoms with van der Waals surface area (Å²) in [5, 5.41) is 0. The van der Waals surface area contributed by atoms with E-state index in [0.717, 1.165) is 18.4 Å². The van der Waals surface area contributed by atoms with Gasteiger partial charge in [0.15, 0.2) is 11.6 Å². The maximum atomic E-state index is 13.6. The zero-order chi connectivity index (χ0) is 12.3. The molecule has 0 saturated carbocycles. The third-order valence-corrected chi connectivity index (χ3v) is 2.94. The number of hydrogen-bond acceptors (Lipinski definition) is 3. The van der Waals surface area contributed by atoms with Crippen LogP contribution in [0.3, 0.4) is 0 Å². The molecule has 1 aliphatic heterocycles. The van der Waals surface area contributed by atoms with Gasteiger partial charge in [-0.1, -0.05) is 6.07 Å². The summed E-state index contributed by atoms with van der Waals surface area (Å²) in [6.45, 7) is 3.23. The molecule has 0 amide bonds. The molecule has 1 heterocycles. The Morgan fingerprint density at radius 1 is 1.41 bits per heavy atom. The highest BCUT2D eigenvalue weighted by atomic mass is 19.1. The molecule has 1 fully saturated rings. The Balaban J connectivity index is 2.10. The lowest BCUT2D eigenvalue weighted by Crippen LogP contribution is -2.26. The van der Waals surface area contributed by atoms with Gasteiger partial charge in [-0.05, 0) is 24.6 Å². The Hall–Kier alpha value is -1.13. The Morgan fingerprint density at radius 3 is 2.76 bits per heavy atom. The van der Waals surface area contributed by atoms with Crippen molar-refractivity contribution in [3.8, 4) is 5.75 Å². The van der Waals surface area contributed by atoms with E-state index in [1.165, 1.54) is 6.07 Å². The second kappa shape index (κ2) is 5.47. The maximum Gasteiger partial charge on any atom is 0.165 e. The fraction of sp³-hybridized carbons (Fsp3) is 0.538. The number of halogens is 1. The highest BCUT2D eigenvalue weighted by Gasteiger charge is 2.17. The molecule has 1 aromatic rings. The van der Waals surface area contributed by atoms with Gasteiger partial charge in [0.25, 0.3) is 0 Å². The summed E-state index contributed by atoms with van der Waals surface area (Å²) in [6, 6.07) is 4.67. The van der Waals surface area contributed by atoms with Gasteiger partial charge in [0.05, 0.1) is 13.2 Å². The maximum absolute atomic E-state index is 13.6. The van der Waals surface area contributed by atoms with Crippen molar-refractivity contribution in [2.45, 2.75) is 31.9 Å². The summed E-state index contributed by atoms with van der Waals surface area (Å²) >= 11 is 0. The van der Waals surface area contributed by atoms with Crippen LogP contribution in [0.5, 0.6) is 5.75 Å². The molecule has 94 valence electrons. The van der Waals surface area contributed by atoms with Crippen molar-refractivity contribution in [3.63, 3.8) is 0 Å². The molecule has 3 nitrogen and oxygen atoms in total. The molecular weight excluding hydrogens is 221 g/mol. The van der Waals surface area contributed by atoms with Crippen molar-refractivity contribution >= 4 is 0 Å². The average Bonchev–Trinajstić information content (AvgIpc) is 2.33. The lowest BCUT2D eigenvalue weighted by molar-refractivity contribution is 0.0240. The molecule has 0 aromatic heterocycles. The number of benzene rings is 1. The Kier molecular flexibility index (Phi) is 3.97. The van der Waals surface area contributed by atoms with E-state index in [1.807, 2.05) is 6.92 Å². The molecule has 1 saturated heterocycles. The minimum absolute atomic E-state index is 0.0431. The van der Waals surface area contributed by atoms with Crippen LogP contribution in [0.4, 0.5) is 4.39 Å². The highest BCUT2D eigenvalue weighted by Crippen LogP contribution is 2.24. The molecule has 1 aromatic carbocycles. The van der Waals surface area contributed by atoms with Gasteiger partial charge in [-0.15, -0.1) is 0 Å². The van der Waals surface area contributed by atoms with Crippen LogP contribution in [0.1, 0.15) is 31.4 Å². The predicted octanol–water partition coefficient (Wildman–Crippen LogP) is 2.40. The van der Waals surface area contributed by atoms with Gasteiger partial charge in [0.2, 0.25) is 0 Å². The second-order valence-electron chi connectivity index (χ2n) is 4.41. The fourth-order valence-electron chi connectivity index (χ4n) is 1.87. The molecule has 1 atom stereocenters. The largest absolute Gasteiger partial charge is 0.487 e. The van der Waals surface area contributed by atoms with Gasteiger partial charge in [-0.2, -0.15) is 0 Å². The zero-order valence-corrected chi connectivity index (χ0v) is 9.99. The van der Waals surface area contributed by atoms with Crippen molar-refractivity contribution in [1.82, 2.24) is 0 Å². The number of hydrogen-bond donors (Lipinski definition) is 1. The van der Waals surface area contributed by atoms with Crippen LogP contribution in [0.2, 0.25) is 0 Å². The molecule has 2 N–H and O–H groups in total. The van der Waals surface area contributed by atoms with Gasteiger partial charge < -0.3 is 15.2 Å². The van der Waals surface area contributed by atoms with Gasteiger partial charge >= 0.3 is 0 Å². The molecule has 1 aliphatic rings. The first-order chi connectivity index (χ1) is 8.16. The molecule has 0 radical (unpaired) electrons. The van der Waals surface area contributed by atoms with E-state index in [-0.39, 0.29) is 18.0 Å². The van der Waals surface area contributed by atoms with E-state index in [4.69, 9.17) is 15.2 Å². The van der Waals surface area contributed by atoms with E-state index in [9.17, 15) is 4.39 Å². The summed E-state index contributed by atoms with van der Waals surface area (Å²) in [7, 11) is 0. The molecule has 0 unspecified atom stereocenters. The van der Waals surface area contributed by atoms with Crippen molar-refractivity contribution in [2.24, 2.45) is 5.73 Å². The van der Waals surface area contributed by atoms with Gasteiger partial charge in [-0.3, -0.25) is 0 Å². The van der Waals surface area contributed by atoms with Crippen molar-refractivity contribution in [2.75, 3.05) is 13.2 Å². The Bertz CT molecular complexity index is 376. The van der Waals surface area contributed by atoms with Gasteiger partial charge in [0, 0.05) is 18.9 Å². The Labute approximate surface area is 101 Å². The topological polar surface area (TPSA) is 44.5 Å². The molecule has 4 heteroatoms. The van der Waals surface area contributed by atoms with Crippen LogP contribution in [-0.2, 0) is 4.74 Å². The number of nitrogens with two attached hydrogens (primary N) is 1. The minimum atomic E-state index is -0.333. The average molecular weight is 239 g/mol. The normalized spacial score (nSPS) is 19.0. The fourth-order valence-corrected chi connectivity index (χ4v) is 1.87. The summed E-state index contributed by atoms with van der Waals surface area (Å²) in [5.74, 6) is -0.0346. The third-order valence-electron chi connectivity index (χ3n) is 2.94. The SMILES string of the molecule is C[C@@H](N)c1ccc(F)c(OC2CCOCC2)c1. The number of ether oxygens (including phenoxy) is 2. The minimum Gasteiger partial charge on any atom is -0.487 e. The highest BCUT2D eigenvalue weighted by molar-refractivity contribution is 5.32. The molecule has 2 rings (SSSR count). The van der Waals surface area contributed by atoms with Crippen LogP contribution in [0, 0.1) is 5.82 Å². The lowest BCUT2D eigenvalue weighted by atomic mass is 10.1. The lowest BCUT2D eigenvalue weighted by Gasteiger charge is -2.24. The smallest absolute Gasteiger partial charge is 0.165 e. The van der Waals surface area contributed by atoms with E-state index in [0.29, 0.717) is 19.0 Å². The van der Waals surface area contributed by atoms with Crippen molar-refractivity contribution < 1.29 is 13.9 Å². The van der Waals surface area contributed by atoms with E-state index in [2.05, 4.69) is 0 Å². The predicted molar refractivity (Wildman–Crippen MR) is 63.5 cm³/mol. The molecule has 0 aliphatic carbocycles. The van der Waals surface area contributed by atoms with Gasteiger partial charge in [0.1, 0.15) is 6.10 Å². The van der Waals surface area contributed by atoms with Crippen molar-refractivity contribution in [3.05, 3.63) is 29.6 Å². The van der Waals surface area contributed by atoms with Crippen LogP contribution >= 0.6 is 0 Å². The third kappa shape index (κ3) is 3.17. The van der Waals surface area contributed by atoms with Crippen LogP contribution in [-0.4, -0.2) is 19.3 Å². The Morgan fingerprint density at radius 2 is 2.12 bits per heavy atom. The molecule has 17 heavy (non-hydrogen) atoms. The summed E-state index contributed by atoms with van der Waals surface area (Å²) in [4.78, 5) is 0. The van der Waals surface area contributed by atoms with E-state index in [1.54, 1.807) is 12.1 Å². The van der Waals surface area contributed by atoms with Gasteiger partial charge in [-0.25, -0.2) is 4.39 Å². The summed E-state index contributed by atoms with van der Waals surface area (Å²) < 4.78 is 24.5. The van der Waals surface area contributed by atoms with E-state index < -0.39 is 0 Å². The van der Waals surface area contributed by atoms with E-state index >= 15 is 0 Å². The molecule has 0 bridgehead atoms. The quantitative estimate of drug-likeness (QED) is 0.881. The zero-order valence-electron chi connectivity index (χ0n) is 9.99. The monoisotopic (exact) mass is 239 g/mol. The van der Waals surface area contributed by atoms with Crippen LogP contribution in [0.25, 0.3) is 0 Å². The van der Waals surface area contributed by atoms with Crippen LogP contribution in [0.15, 0.2) is 18.2 Å². The summed E-state index contributed by atoms with van der Waals surface area (Å²) in [6.07, 6.45) is 1.66. The second-order valence-corrected chi connectivity index (χ2v) is 4.41. The molecule has 0 spiro atoms. The summed E-state index contributed by atoms with van der Waals surface area (Å²) in [5.41, 5.74) is 6.65.